The van der Waals surface area contributed by atoms with Gasteiger partial charge in [0, 0.05) is 23.4 Å². The van der Waals surface area contributed by atoms with Crippen LogP contribution in [0.4, 0.5) is 0 Å². The Morgan fingerprint density at radius 1 is 1.24 bits per heavy atom. The minimum atomic E-state index is -3.42. The van der Waals surface area contributed by atoms with E-state index in [1.54, 1.807) is 35.7 Å². The van der Waals surface area contributed by atoms with Crippen LogP contribution in [0.15, 0.2) is 29.2 Å². The third-order valence-corrected chi connectivity index (χ3v) is 7.63. The summed E-state index contributed by atoms with van der Waals surface area (Å²) in [7, 11) is -1.86. The normalized spacial score (nSPS) is 29.5. The molecule has 0 saturated carbocycles. The molecule has 0 N–H and O–H groups in total. The summed E-state index contributed by atoms with van der Waals surface area (Å²) in [4.78, 5) is 0.348. The summed E-state index contributed by atoms with van der Waals surface area (Å²) in [6.07, 6.45) is 6.05. The third-order valence-electron chi connectivity index (χ3n) is 4.57. The zero-order valence-corrected chi connectivity index (χ0v) is 14.0. The molecule has 6 heteroatoms. The van der Waals surface area contributed by atoms with Crippen molar-refractivity contribution in [2.75, 3.05) is 13.4 Å². The molecule has 0 radical (unpaired) electrons. The number of hydrogen-bond donors (Lipinski definition) is 0. The second-order valence-electron chi connectivity index (χ2n) is 5.73. The Bertz CT molecular complexity index is 603. The maximum Gasteiger partial charge on any atom is 0.243 e. The Kier molecular flexibility index (Phi) is 4.21. The topological polar surface area (TPSA) is 46.6 Å². The fraction of sp³-hybridized carbons (Fsp3) is 0.600. The summed E-state index contributed by atoms with van der Waals surface area (Å²) in [6, 6.07) is 7.12. The molecule has 4 nitrogen and oxygen atoms in total. The quantitative estimate of drug-likeness (QED) is 0.853. The van der Waals surface area contributed by atoms with Crippen LogP contribution in [0.2, 0.25) is 0 Å². The van der Waals surface area contributed by atoms with E-state index in [9.17, 15) is 8.42 Å². The highest BCUT2D eigenvalue weighted by molar-refractivity contribution is 7.99. The molecule has 2 fully saturated rings. The number of rotatable bonds is 4. The number of hydrogen-bond acceptors (Lipinski definition) is 4. The summed E-state index contributed by atoms with van der Waals surface area (Å²) in [5.74, 6) is 0.586. The van der Waals surface area contributed by atoms with Gasteiger partial charge in [-0.1, -0.05) is 6.07 Å². The number of methoxy groups -OCH3 is 1. The van der Waals surface area contributed by atoms with Crippen LogP contribution in [0, 0.1) is 0 Å². The predicted octanol–water partition coefficient (Wildman–Crippen LogP) is 2.74. The highest BCUT2D eigenvalue weighted by Gasteiger charge is 2.46. The average Bonchev–Trinajstić information content (AvgIpc) is 2.79. The fourth-order valence-corrected chi connectivity index (χ4v) is 6.31. The van der Waals surface area contributed by atoms with Crippen LogP contribution < -0.4 is 4.74 Å². The number of nitrogens with zero attached hydrogens (tertiary/aromatic N) is 1. The average molecular weight is 327 g/mol. The minimum absolute atomic E-state index is 0.164. The molecular formula is C15H21NO3S2. The lowest BCUT2D eigenvalue weighted by Gasteiger charge is -2.37. The first-order valence-corrected chi connectivity index (χ1v) is 9.99. The van der Waals surface area contributed by atoms with Gasteiger partial charge in [-0.2, -0.15) is 16.1 Å². The summed E-state index contributed by atoms with van der Waals surface area (Å²) in [6.45, 7) is 0. The van der Waals surface area contributed by atoms with Gasteiger partial charge in [0.25, 0.3) is 0 Å². The predicted molar refractivity (Wildman–Crippen MR) is 85.4 cm³/mol. The van der Waals surface area contributed by atoms with Crippen molar-refractivity contribution in [3.8, 4) is 5.75 Å². The molecule has 2 saturated heterocycles. The Hall–Kier alpha value is -0.720. The fourth-order valence-electron chi connectivity index (χ4n) is 3.55. The van der Waals surface area contributed by atoms with Gasteiger partial charge in [-0.3, -0.25) is 0 Å². The van der Waals surface area contributed by atoms with Crippen molar-refractivity contribution < 1.29 is 13.2 Å². The molecule has 0 aromatic heterocycles. The van der Waals surface area contributed by atoms with Crippen LogP contribution in [0.5, 0.6) is 5.75 Å². The zero-order valence-electron chi connectivity index (χ0n) is 12.4. The summed E-state index contributed by atoms with van der Waals surface area (Å²) >= 11 is 1.87. The molecule has 0 aliphatic carbocycles. The second kappa shape index (κ2) is 5.82. The molecule has 2 atom stereocenters. The molecule has 2 bridgehead atoms. The molecule has 2 heterocycles. The van der Waals surface area contributed by atoms with Crippen LogP contribution in [0.25, 0.3) is 0 Å². The molecule has 21 heavy (non-hydrogen) atoms. The highest BCUT2D eigenvalue weighted by atomic mass is 32.2. The van der Waals surface area contributed by atoms with E-state index in [-0.39, 0.29) is 12.1 Å². The first-order chi connectivity index (χ1) is 10.1. The van der Waals surface area contributed by atoms with Crippen molar-refractivity contribution in [1.82, 2.24) is 4.31 Å². The van der Waals surface area contributed by atoms with Gasteiger partial charge in [0.1, 0.15) is 5.75 Å². The maximum absolute atomic E-state index is 13.0. The summed E-state index contributed by atoms with van der Waals surface area (Å²) in [5, 5.41) is 0.597. The van der Waals surface area contributed by atoms with E-state index < -0.39 is 10.0 Å². The largest absolute Gasteiger partial charge is 0.497 e. The van der Waals surface area contributed by atoms with Crippen molar-refractivity contribution in [1.29, 1.82) is 0 Å². The van der Waals surface area contributed by atoms with Crippen LogP contribution in [-0.2, 0) is 10.0 Å². The van der Waals surface area contributed by atoms with E-state index in [1.807, 2.05) is 11.8 Å². The van der Waals surface area contributed by atoms with E-state index in [0.29, 0.717) is 15.9 Å². The molecule has 0 amide bonds. The van der Waals surface area contributed by atoms with E-state index in [2.05, 4.69) is 6.26 Å². The van der Waals surface area contributed by atoms with Crippen LogP contribution in [0.3, 0.4) is 0 Å². The molecule has 2 aliphatic heterocycles. The second-order valence-corrected chi connectivity index (χ2v) is 8.71. The summed E-state index contributed by atoms with van der Waals surface area (Å²) < 4.78 is 32.9. The van der Waals surface area contributed by atoms with Gasteiger partial charge in [-0.25, -0.2) is 8.42 Å². The third kappa shape index (κ3) is 2.69. The lowest BCUT2D eigenvalue weighted by Crippen LogP contribution is -2.47. The first-order valence-electron chi connectivity index (χ1n) is 7.26. The molecule has 1 aromatic carbocycles. The lowest BCUT2D eigenvalue weighted by molar-refractivity contribution is 0.253. The van der Waals surface area contributed by atoms with Gasteiger partial charge in [-0.05, 0) is 44.1 Å². The van der Waals surface area contributed by atoms with Crippen molar-refractivity contribution in [2.45, 2.75) is 47.9 Å². The lowest BCUT2D eigenvalue weighted by atomic mass is 10.1. The minimum Gasteiger partial charge on any atom is -0.497 e. The molecule has 2 aliphatic rings. The van der Waals surface area contributed by atoms with Gasteiger partial charge in [0.05, 0.1) is 12.0 Å². The van der Waals surface area contributed by atoms with E-state index >= 15 is 0 Å². The van der Waals surface area contributed by atoms with Gasteiger partial charge >= 0.3 is 0 Å². The first kappa shape index (κ1) is 15.2. The van der Waals surface area contributed by atoms with Crippen molar-refractivity contribution in [3.05, 3.63) is 24.3 Å². The number of benzene rings is 1. The van der Waals surface area contributed by atoms with Gasteiger partial charge in [-0.15, -0.1) is 0 Å². The maximum atomic E-state index is 13.0. The Morgan fingerprint density at radius 3 is 2.48 bits per heavy atom. The van der Waals surface area contributed by atoms with Crippen molar-refractivity contribution in [2.24, 2.45) is 0 Å². The Labute approximate surface area is 130 Å². The molecule has 0 spiro atoms. The monoisotopic (exact) mass is 327 g/mol. The van der Waals surface area contributed by atoms with E-state index in [1.165, 1.54) is 0 Å². The number of piperidine rings is 1. The molecule has 3 rings (SSSR count). The number of sulfonamides is 1. The van der Waals surface area contributed by atoms with Crippen LogP contribution >= 0.6 is 11.8 Å². The van der Waals surface area contributed by atoms with Crippen LogP contribution in [-0.4, -0.2) is 43.4 Å². The standard InChI is InChI=1S/C15H21NO3S2/c1-19-13-4-3-5-15(10-13)21(17,18)16-11-6-7-12(16)9-14(8-11)20-2/h3-5,10-12,14H,6-9H2,1-2H3. The molecule has 1 aromatic rings. The van der Waals surface area contributed by atoms with Crippen molar-refractivity contribution >= 4 is 21.8 Å². The zero-order chi connectivity index (χ0) is 15.0. The van der Waals surface area contributed by atoms with Gasteiger partial charge < -0.3 is 4.74 Å². The highest BCUT2D eigenvalue weighted by Crippen LogP contribution is 2.42. The SMILES string of the molecule is COc1cccc(S(=O)(=O)N2C3CCC2CC(SC)C3)c1. The molecule has 2 unspecified atom stereocenters. The van der Waals surface area contributed by atoms with E-state index in [4.69, 9.17) is 4.74 Å². The number of fused-ring (bicyclic) bond motifs is 2. The summed E-state index contributed by atoms with van der Waals surface area (Å²) in [5.41, 5.74) is 0. The number of ether oxygens (including phenoxy) is 1. The number of thioether (sulfide) groups is 1. The van der Waals surface area contributed by atoms with Crippen LogP contribution in [0.1, 0.15) is 25.7 Å². The van der Waals surface area contributed by atoms with Gasteiger partial charge in [0.15, 0.2) is 0 Å². The molecule has 116 valence electrons. The Balaban J connectivity index is 1.92. The molecular weight excluding hydrogens is 306 g/mol. The van der Waals surface area contributed by atoms with Crippen molar-refractivity contribution in [3.63, 3.8) is 0 Å². The smallest absolute Gasteiger partial charge is 0.243 e. The van der Waals surface area contributed by atoms with E-state index in [0.717, 1.165) is 25.7 Å². The Morgan fingerprint density at radius 2 is 1.90 bits per heavy atom. The van der Waals surface area contributed by atoms with Gasteiger partial charge in [0.2, 0.25) is 10.0 Å².